The standard InChI is InChI=1S/C22H37N5O3/c1-5-23-21(27-11-10-19(15-27)16-30-13-12-29-4)24-14-18-6-8-20(9-7-18)26-22(28)25-17(2)3/h6-9,17,19H,5,10-16H2,1-4H3,(H,23,24)(H2,25,26,28). The molecule has 8 heteroatoms. The second kappa shape index (κ2) is 13.1. The van der Waals surface area contributed by atoms with E-state index < -0.39 is 0 Å². The highest BCUT2D eigenvalue weighted by atomic mass is 16.5. The van der Waals surface area contributed by atoms with Crippen molar-refractivity contribution in [3.63, 3.8) is 0 Å². The molecular formula is C22H37N5O3. The Labute approximate surface area is 180 Å². The highest BCUT2D eigenvalue weighted by Crippen LogP contribution is 2.17. The van der Waals surface area contributed by atoms with Crippen molar-refractivity contribution in [2.75, 3.05) is 51.9 Å². The van der Waals surface area contributed by atoms with Crippen molar-refractivity contribution in [3.05, 3.63) is 29.8 Å². The number of likely N-dealkylation sites (tertiary alicyclic amines) is 1. The van der Waals surface area contributed by atoms with Crippen LogP contribution in [0.3, 0.4) is 0 Å². The van der Waals surface area contributed by atoms with Gasteiger partial charge in [-0.2, -0.15) is 0 Å². The molecule has 3 N–H and O–H groups in total. The van der Waals surface area contributed by atoms with E-state index in [1.807, 2.05) is 38.1 Å². The maximum atomic E-state index is 11.8. The predicted molar refractivity (Wildman–Crippen MR) is 121 cm³/mol. The summed E-state index contributed by atoms with van der Waals surface area (Å²) in [6.45, 7) is 11.3. The summed E-state index contributed by atoms with van der Waals surface area (Å²) in [6, 6.07) is 7.70. The minimum absolute atomic E-state index is 0.102. The maximum absolute atomic E-state index is 11.8. The third-order valence-corrected chi connectivity index (χ3v) is 4.75. The first kappa shape index (κ1) is 24.0. The highest BCUT2D eigenvalue weighted by Gasteiger charge is 2.24. The maximum Gasteiger partial charge on any atom is 0.319 e. The van der Waals surface area contributed by atoms with Crippen LogP contribution >= 0.6 is 0 Å². The molecule has 0 aliphatic carbocycles. The molecule has 0 bridgehead atoms. The molecule has 8 nitrogen and oxygen atoms in total. The summed E-state index contributed by atoms with van der Waals surface area (Å²) in [6.07, 6.45) is 1.11. The van der Waals surface area contributed by atoms with Gasteiger partial charge in [0, 0.05) is 44.4 Å². The number of urea groups is 1. The van der Waals surface area contributed by atoms with E-state index in [9.17, 15) is 4.79 Å². The summed E-state index contributed by atoms with van der Waals surface area (Å²) in [5, 5.41) is 9.04. The van der Waals surface area contributed by atoms with E-state index in [1.54, 1.807) is 7.11 Å². The Morgan fingerprint density at radius 2 is 2.03 bits per heavy atom. The number of carbonyl (C=O) groups excluding carboxylic acids is 1. The SMILES string of the molecule is CCNC(=NCc1ccc(NC(=O)NC(C)C)cc1)N1CCC(COCCOC)C1. The van der Waals surface area contributed by atoms with Gasteiger partial charge in [0.15, 0.2) is 5.96 Å². The molecule has 0 saturated carbocycles. The summed E-state index contributed by atoms with van der Waals surface area (Å²) in [5.74, 6) is 1.46. The zero-order chi connectivity index (χ0) is 21.8. The minimum Gasteiger partial charge on any atom is -0.382 e. The fourth-order valence-corrected chi connectivity index (χ4v) is 3.27. The molecular weight excluding hydrogens is 382 g/mol. The van der Waals surface area contributed by atoms with Gasteiger partial charge in [-0.15, -0.1) is 0 Å². The second-order valence-electron chi connectivity index (χ2n) is 7.79. The van der Waals surface area contributed by atoms with Crippen LogP contribution in [0.1, 0.15) is 32.8 Å². The molecule has 168 valence electrons. The summed E-state index contributed by atoms with van der Waals surface area (Å²) in [7, 11) is 1.69. The predicted octanol–water partition coefficient (Wildman–Crippen LogP) is 2.67. The van der Waals surface area contributed by atoms with Gasteiger partial charge in [0.25, 0.3) is 0 Å². The largest absolute Gasteiger partial charge is 0.382 e. The molecule has 1 atom stereocenters. The van der Waals surface area contributed by atoms with Gasteiger partial charge in [-0.1, -0.05) is 12.1 Å². The van der Waals surface area contributed by atoms with E-state index in [-0.39, 0.29) is 12.1 Å². The van der Waals surface area contributed by atoms with Gasteiger partial charge in [0.05, 0.1) is 26.4 Å². The Hall–Kier alpha value is -2.32. The zero-order valence-corrected chi connectivity index (χ0v) is 18.7. The van der Waals surface area contributed by atoms with Gasteiger partial charge in [-0.25, -0.2) is 9.79 Å². The van der Waals surface area contributed by atoms with Crippen LogP contribution in [-0.2, 0) is 16.0 Å². The van der Waals surface area contributed by atoms with Crippen LogP contribution in [0, 0.1) is 5.92 Å². The summed E-state index contributed by atoms with van der Waals surface area (Å²) < 4.78 is 10.7. The van der Waals surface area contributed by atoms with Crippen LogP contribution < -0.4 is 16.0 Å². The number of aliphatic imine (C=N–C) groups is 1. The summed E-state index contributed by atoms with van der Waals surface area (Å²) in [4.78, 5) is 18.9. The van der Waals surface area contributed by atoms with Crippen molar-refractivity contribution in [1.29, 1.82) is 0 Å². The van der Waals surface area contributed by atoms with Crippen molar-refractivity contribution in [3.8, 4) is 0 Å². The van der Waals surface area contributed by atoms with Crippen LogP contribution in [0.5, 0.6) is 0 Å². The molecule has 1 heterocycles. The first-order valence-corrected chi connectivity index (χ1v) is 10.8. The molecule has 30 heavy (non-hydrogen) atoms. The van der Waals surface area contributed by atoms with E-state index in [0.717, 1.165) is 49.9 Å². The number of hydrogen-bond acceptors (Lipinski definition) is 4. The number of nitrogens with one attached hydrogen (secondary N) is 3. The smallest absolute Gasteiger partial charge is 0.319 e. The van der Waals surface area contributed by atoms with Crippen LogP contribution in [-0.4, -0.2) is 69.5 Å². The van der Waals surface area contributed by atoms with Gasteiger partial charge in [-0.3, -0.25) is 0 Å². The van der Waals surface area contributed by atoms with Gasteiger partial charge in [0.1, 0.15) is 0 Å². The molecule has 0 spiro atoms. The Balaban J connectivity index is 1.86. The Morgan fingerprint density at radius 3 is 2.70 bits per heavy atom. The van der Waals surface area contributed by atoms with Crippen LogP contribution in [0.15, 0.2) is 29.3 Å². The zero-order valence-electron chi connectivity index (χ0n) is 18.7. The van der Waals surface area contributed by atoms with E-state index >= 15 is 0 Å². The van der Waals surface area contributed by atoms with Gasteiger partial charge in [0.2, 0.25) is 0 Å². The van der Waals surface area contributed by atoms with Crippen LogP contribution in [0.25, 0.3) is 0 Å². The van der Waals surface area contributed by atoms with Crippen molar-refractivity contribution >= 4 is 17.7 Å². The molecule has 1 aliphatic rings. The number of hydrogen-bond donors (Lipinski definition) is 3. The fraction of sp³-hybridized carbons (Fsp3) is 0.636. The molecule has 1 fully saturated rings. The Bertz CT molecular complexity index is 663. The molecule has 1 aliphatic heterocycles. The molecule has 1 saturated heterocycles. The summed E-state index contributed by atoms with van der Waals surface area (Å²) >= 11 is 0. The van der Waals surface area contributed by atoms with Crippen LogP contribution in [0.2, 0.25) is 0 Å². The van der Waals surface area contributed by atoms with E-state index in [4.69, 9.17) is 14.5 Å². The van der Waals surface area contributed by atoms with Crippen LogP contribution in [0.4, 0.5) is 10.5 Å². The number of anilines is 1. The second-order valence-corrected chi connectivity index (χ2v) is 7.79. The average molecular weight is 420 g/mol. The number of amides is 2. The molecule has 2 amide bonds. The van der Waals surface area contributed by atoms with Crippen molar-refractivity contribution in [2.24, 2.45) is 10.9 Å². The van der Waals surface area contributed by atoms with Gasteiger partial charge < -0.3 is 30.3 Å². The number of nitrogens with zero attached hydrogens (tertiary/aromatic N) is 2. The molecule has 1 unspecified atom stereocenters. The highest BCUT2D eigenvalue weighted by molar-refractivity contribution is 5.89. The average Bonchev–Trinajstić information content (AvgIpc) is 3.18. The molecule has 1 aromatic carbocycles. The quantitative estimate of drug-likeness (QED) is 0.308. The van der Waals surface area contributed by atoms with Gasteiger partial charge in [-0.05, 0) is 44.9 Å². The fourth-order valence-electron chi connectivity index (χ4n) is 3.27. The number of carbonyl (C=O) groups is 1. The molecule has 0 radical (unpaired) electrons. The molecule has 2 rings (SSSR count). The first-order chi connectivity index (χ1) is 14.5. The lowest BCUT2D eigenvalue weighted by Crippen LogP contribution is -2.40. The lowest BCUT2D eigenvalue weighted by Gasteiger charge is -2.21. The Morgan fingerprint density at radius 1 is 1.27 bits per heavy atom. The van der Waals surface area contributed by atoms with Gasteiger partial charge >= 0.3 is 6.03 Å². The minimum atomic E-state index is -0.194. The molecule has 0 aromatic heterocycles. The normalized spacial score (nSPS) is 16.8. The molecule has 1 aromatic rings. The number of ether oxygens (including phenoxy) is 2. The Kier molecular flexibility index (Phi) is 10.4. The number of methoxy groups -OCH3 is 1. The summed E-state index contributed by atoms with van der Waals surface area (Å²) in [5.41, 5.74) is 1.86. The topological polar surface area (TPSA) is 87.2 Å². The first-order valence-electron chi connectivity index (χ1n) is 10.8. The number of benzene rings is 1. The van der Waals surface area contributed by atoms with E-state index in [2.05, 4.69) is 27.8 Å². The van der Waals surface area contributed by atoms with Crippen molar-refractivity contribution in [1.82, 2.24) is 15.5 Å². The monoisotopic (exact) mass is 419 g/mol. The van der Waals surface area contributed by atoms with E-state index in [0.29, 0.717) is 25.7 Å². The van der Waals surface area contributed by atoms with Crippen molar-refractivity contribution in [2.45, 2.75) is 39.8 Å². The number of guanidine groups is 1. The third-order valence-electron chi connectivity index (χ3n) is 4.75. The van der Waals surface area contributed by atoms with Crippen molar-refractivity contribution < 1.29 is 14.3 Å². The number of rotatable bonds is 10. The van der Waals surface area contributed by atoms with E-state index in [1.165, 1.54) is 0 Å². The lowest BCUT2D eigenvalue weighted by molar-refractivity contribution is 0.0536. The lowest BCUT2D eigenvalue weighted by atomic mass is 10.1. The third kappa shape index (κ3) is 8.59.